The molecular weight excluding hydrogens is 576 g/mol. The lowest BCUT2D eigenvalue weighted by Gasteiger charge is -2.27. The molecule has 0 amide bonds. The fraction of sp³-hybridized carbons (Fsp3) is 0.235. The number of halogens is 8. The van der Waals surface area contributed by atoms with Gasteiger partial charge in [0.25, 0.3) is 0 Å². The van der Waals surface area contributed by atoms with Crippen molar-refractivity contribution >= 4 is 0 Å². The van der Waals surface area contributed by atoms with Gasteiger partial charge in [0, 0.05) is 23.3 Å². The molecule has 0 atom stereocenters. The molecule has 224 valence electrons. The number of hydrogen-bond donors (Lipinski definition) is 0. The predicted octanol–water partition coefficient (Wildman–Crippen LogP) is 10.8. The van der Waals surface area contributed by atoms with Gasteiger partial charge in [-0.05, 0) is 85.4 Å². The zero-order valence-corrected chi connectivity index (χ0v) is 22.9. The van der Waals surface area contributed by atoms with Crippen LogP contribution in [0.15, 0.2) is 78.9 Å². The summed E-state index contributed by atoms with van der Waals surface area (Å²) in [6.45, 7) is 2.00. The zero-order valence-electron chi connectivity index (χ0n) is 22.9. The molecule has 1 aliphatic carbocycles. The predicted molar refractivity (Wildman–Crippen MR) is 148 cm³/mol. The molecule has 0 N–H and O–H groups in total. The highest BCUT2D eigenvalue weighted by molar-refractivity contribution is 5.72. The van der Waals surface area contributed by atoms with E-state index >= 15 is 8.78 Å². The minimum Gasteiger partial charge on any atom is -0.429 e. The molecule has 4 aromatic carbocycles. The Balaban J connectivity index is 1.34. The minimum absolute atomic E-state index is 0.0932. The van der Waals surface area contributed by atoms with E-state index in [9.17, 15) is 26.3 Å². The summed E-state index contributed by atoms with van der Waals surface area (Å²) in [4.78, 5) is 0. The molecule has 0 aromatic heterocycles. The number of rotatable bonds is 7. The molecular formula is C34H26F8O. The molecule has 0 unspecified atom stereocenters. The third-order valence-electron chi connectivity index (χ3n) is 7.78. The van der Waals surface area contributed by atoms with Crippen molar-refractivity contribution in [1.29, 1.82) is 0 Å². The van der Waals surface area contributed by atoms with Gasteiger partial charge in [-0.2, -0.15) is 8.78 Å². The van der Waals surface area contributed by atoms with Crippen molar-refractivity contribution in [2.45, 2.75) is 44.6 Å². The van der Waals surface area contributed by atoms with Crippen LogP contribution in [0.3, 0.4) is 0 Å². The van der Waals surface area contributed by atoms with Crippen LogP contribution in [0.25, 0.3) is 22.3 Å². The summed E-state index contributed by atoms with van der Waals surface area (Å²) in [6, 6.07) is 11.4. The number of alkyl halides is 2. The summed E-state index contributed by atoms with van der Waals surface area (Å²) < 4.78 is 119. The van der Waals surface area contributed by atoms with Gasteiger partial charge >= 0.3 is 6.11 Å². The van der Waals surface area contributed by atoms with Crippen LogP contribution in [0.4, 0.5) is 35.1 Å². The third-order valence-corrected chi connectivity index (χ3v) is 7.78. The number of ether oxygens (including phenoxy) is 1. The Hall–Kier alpha value is -4.14. The molecule has 1 aliphatic rings. The topological polar surface area (TPSA) is 9.23 Å². The Bertz CT molecular complexity index is 1650. The van der Waals surface area contributed by atoms with E-state index in [2.05, 4.69) is 16.9 Å². The van der Waals surface area contributed by atoms with Gasteiger partial charge in [-0.1, -0.05) is 42.5 Å². The molecule has 1 nitrogen and oxygen atoms in total. The fourth-order valence-corrected chi connectivity index (χ4v) is 5.57. The normalized spacial score (nSPS) is 17.4. The Morgan fingerprint density at radius 2 is 1.21 bits per heavy atom. The van der Waals surface area contributed by atoms with E-state index in [-0.39, 0.29) is 40.3 Å². The Kier molecular flexibility index (Phi) is 8.62. The lowest BCUT2D eigenvalue weighted by Crippen LogP contribution is -2.23. The molecule has 0 saturated heterocycles. The fourth-order valence-electron chi connectivity index (χ4n) is 5.57. The Morgan fingerprint density at radius 1 is 0.651 bits per heavy atom. The van der Waals surface area contributed by atoms with Gasteiger partial charge in [-0.15, -0.1) is 0 Å². The Morgan fingerprint density at radius 3 is 1.77 bits per heavy atom. The summed E-state index contributed by atoms with van der Waals surface area (Å²) in [7, 11) is 0. The maximum Gasteiger partial charge on any atom is 0.429 e. The second-order valence-electron chi connectivity index (χ2n) is 10.6. The van der Waals surface area contributed by atoms with Crippen molar-refractivity contribution in [1.82, 2.24) is 0 Å². The first kappa shape index (κ1) is 30.3. The third kappa shape index (κ3) is 6.45. The van der Waals surface area contributed by atoms with Crippen molar-refractivity contribution < 1.29 is 39.9 Å². The molecule has 0 heterocycles. The number of hydrogen-bond acceptors (Lipinski definition) is 1. The Labute approximate surface area is 243 Å². The first-order valence-electron chi connectivity index (χ1n) is 13.7. The lowest BCUT2D eigenvalue weighted by atomic mass is 9.78. The van der Waals surface area contributed by atoms with E-state index in [1.54, 1.807) is 6.07 Å². The van der Waals surface area contributed by atoms with Gasteiger partial charge in [-0.25, -0.2) is 26.3 Å². The average molecular weight is 603 g/mol. The zero-order chi connectivity index (χ0) is 30.9. The second-order valence-corrected chi connectivity index (χ2v) is 10.6. The molecule has 9 heteroatoms. The molecule has 0 bridgehead atoms. The van der Waals surface area contributed by atoms with Crippen LogP contribution >= 0.6 is 0 Å². The monoisotopic (exact) mass is 602 g/mol. The van der Waals surface area contributed by atoms with Crippen LogP contribution in [0.2, 0.25) is 0 Å². The first-order valence-corrected chi connectivity index (χ1v) is 13.7. The van der Waals surface area contributed by atoms with Crippen molar-refractivity contribution in [3.05, 3.63) is 125 Å². The maximum absolute atomic E-state index is 15.2. The summed E-state index contributed by atoms with van der Waals surface area (Å²) >= 11 is 0. The first-order chi connectivity index (χ1) is 20.5. The van der Waals surface area contributed by atoms with Crippen LogP contribution in [0, 0.1) is 40.8 Å². The van der Waals surface area contributed by atoms with Gasteiger partial charge in [0.1, 0.15) is 23.2 Å². The van der Waals surface area contributed by atoms with E-state index in [0.29, 0.717) is 18.1 Å². The number of allylic oxidation sites excluding steroid dienone is 2. The van der Waals surface area contributed by atoms with E-state index in [1.807, 2.05) is 13.0 Å². The van der Waals surface area contributed by atoms with Crippen LogP contribution in [-0.2, 0) is 6.11 Å². The van der Waals surface area contributed by atoms with Gasteiger partial charge in [0.05, 0.1) is 5.56 Å². The van der Waals surface area contributed by atoms with Gasteiger partial charge < -0.3 is 4.74 Å². The summed E-state index contributed by atoms with van der Waals surface area (Å²) in [6.07, 6.45) is 3.82. The largest absolute Gasteiger partial charge is 0.429 e. The van der Waals surface area contributed by atoms with E-state index < -0.39 is 52.3 Å². The van der Waals surface area contributed by atoms with Crippen LogP contribution in [0.5, 0.6) is 5.75 Å². The lowest BCUT2D eigenvalue weighted by molar-refractivity contribution is -0.187. The SMILES string of the molecule is C/C=C/C1CCC(c2ccc(-c3ccc(-c4ccc(C(F)(F)Oc5cc(F)c(F)c(F)c5)c(F)c4)c(F)c3)c(F)c2)CC1. The summed E-state index contributed by atoms with van der Waals surface area (Å²) in [5, 5.41) is 0. The van der Waals surface area contributed by atoms with Crippen LogP contribution in [0.1, 0.15) is 49.7 Å². The van der Waals surface area contributed by atoms with Crippen molar-refractivity contribution in [3.8, 4) is 28.0 Å². The number of benzene rings is 4. The molecule has 4 aromatic rings. The second kappa shape index (κ2) is 12.2. The maximum atomic E-state index is 15.2. The molecule has 1 fully saturated rings. The van der Waals surface area contributed by atoms with Crippen molar-refractivity contribution in [3.63, 3.8) is 0 Å². The highest BCUT2D eigenvalue weighted by Gasteiger charge is 2.38. The molecule has 0 aliphatic heterocycles. The van der Waals surface area contributed by atoms with Gasteiger partial charge in [0.15, 0.2) is 17.5 Å². The van der Waals surface area contributed by atoms with E-state index in [4.69, 9.17) is 0 Å². The minimum atomic E-state index is -4.41. The van der Waals surface area contributed by atoms with Crippen molar-refractivity contribution in [2.24, 2.45) is 5.92 Å². The summed E-state index contributed by atoms with van der Waals surface area (Å²) in [5.74, 6) is -8.51. The highest BCUT2D eigenvalue weighted by atomic mass is 19.3. The quantitative estimate of drug-likeness (QED) is 0.116. The van der Waals surface area contributed by atoms with Crippen LogP contribution < -0.4 is 4.74 Å². The molecule has 5 rings (SSSR count). The average Bonchev–Trinajstić information content (AvgIpc) is 2.96. The highest BCUT2D eigenvalue weighted by Crippen LogP contribution is 2.39. The van der Waals surface area contributed by atoms with Crippen LogP contribution in [-0.4, -0.2) is 0 Å². The molecule has 0 spiro atoms. The van der Waals surface area contributed by atoms with Gasteiger partial charge in [0.2, 0.25) is 0 Å². The van der Waals surface area contributed by atoms with Crippen molar-refractivity contribution in [2.75, 3.05) is 0 Å². The smallest absolute Gasteiger partial charge is 0.429 e. The van der Waals surface area contributed by atoms with E-state index in [1.165, 1.54) is 18.2 Å². The molecule has 1 saturated carbocycles. The molecule has 0 radical (unpaired) electrons. The molecule has 43 heavy (non-hydrogen) atoms. The summed E-state index contributed by atoms with van der Waals surface area (Å²) in [5.41, 5.74) is -0.193. The van der Waals surface area contributed by atoms with Gasteiger partial charge in [-0.3, -0.25) is 0 Å². The van der Waals surface area contributed by atoms with E-state index in [0.717, 1.165) is 43.4 Å². The standard InChI is InChI=1S/C34H26F8O/c1-2-3-19-4-6-20(7-5-19)21-8-11-25(28(35)14-21)22-9-12-26(29(36)15-22)23-10-13-27(30(37)16-23)34(41,42)43-24-17-31(38)33(40)32(39)18-24/h2-3,8-20H,4-7H2,1H3/b3-2+.